The van der Waals surface area contributed by atoms with Crippen LogP contribution in [0.4, 0.5) is 23.2 Å². The Kier molecular flexibility index (Phi) is 5.57. The van der Waals surface area contributed by atoms with E-state index < -0.39 is 24.3 Å². The summed E-state index contributed by atoms with van der Waals surface area (Å²) in [5.74, 6) is -1.35. The fraction of sp³-hybridized carbons (Fsp3) is 0.500. The van der Waals surface area contributed by atoms with Gasteiger partial charge in [-0.05, 0) is 38.8 Å². The SMILES string of the molecule is Cc1c(F)cc(C(N)=O)cc1NC(C)CCCC(F)(F)F. The maximum absolute atomic E-state index is 13.7. The molecule has 3 nitrogen and oxygen atoms in total. The van der Waals surface area contributed by atoms with Crippen molar-refractivity contribution >= 4 is 11.6 Å². The molecular formula is C14H18F4N2O. The lowest BCUT2D eigenvalue weighted by atomic mass is 10.1. The second kappa shape index (κ2) is 6.78. The van der Waals surface area contributed by atoms with Crippen LogP contribution in [0.1, 0.15) is 42.1 Å². The van der Waals surface area contributed by atoms with Gasteiger partial charge in [0, 0.05) is 29.3 Å². The standard InChI is InChI=1S/C14H18F4N2O/c1-8(4-3-5-14(16,17)18)20-12-7-10(13(19)21)6-11(15)9(12)2/h6-8,20H,3-5H2,1-2H3,(H2,19,21). The highest BCUT2D eigenvalue weighted by molar-refractivity contribution is 5.94. The van der Waals surface area contributed by atoms with E-state index in [1.807, 2.05) is 0 Å². The molecule has 0 saturated heterocycles. The number of hydrogen-bond donors (Lipinski definition) is 2. The molecule has 1 amide bonds. The van der Waals surface area contributed by atoms with Crippen molar-refractivity contribution in [1.29, 1.82) is 0 Å². The third kappa shape index (κ3) is 5.61. The minimum Gasteiger partial charge on any atom is -0.382 e. The summed E-state index contributed by atoms with van der Waals surface area (Å²) in [6.07, 6.45) is -4.77. The molecule has 3 N–H and O–H groups in total. The van der Waals surface area contributed by atoms with Gasteiger partial charge in [-0.2, -0.15) is 13.2 Å². The van der Waals surface area contributed by atoms with Crippen LogP contribution in [-0.4, -0.2) is 18.1 Å². The van der Waals surface area contributed by atoms with Crippen molar-refractivity contribution < 1.29 is 22.4 Å². The maximum atomic E-state index is 13.7. The number of hydrogen-bond acceptors (Lipinski definition) is 2. The number of benzene rings is 1. The van der Waals surface area contributed by atoms with Crippen LogP contribution < -0.4 is 11.1 Å². The number of primary amides is 1. The molecule has 0 aliphatic rings. The Morgan fingerprint density at radius 2 is 2.00 bits per heavy atom. The molecule has 0 aliphatic heterocycles. The Balaban J connectivity index is 2.71. The van der Waals surface area contributed by atoms with E-state index in [1.54, 1.807) is 6.92 Å². The molecule has 118 valence electrons. The Hall–Kier alpha value is -1.79. The van der Waals surface area contributed by atoms with E-state index in [0.29, 0.717) is 11.3 Å². The number of nitrogens with two attached hydrogens (primary N) is 1. The Bertz CT molecular complexity index is 514. The lowest BCUT2D eigenvalue weighted by molar-refractivity contribution is -0.135. The van der Waals surface area contributed by atoms with Gasteiger partial charge in [0.05, 0.1) is 0 Å². The van der Waals surface area contributed by atoms with Crippen molar-refractivity contribution in [2.75, 3.05) is 5.32 Å². The zero-order valence-corrected chi connectivity index (χ0v) is 11.9. The highest BCUT2D eigenvalue weighted by Crippen LogP contribution is 2.25. The molecule has 1 atom stereocenters. The van der Waals surface area contributed by atoms with E-state index in [-0.39, 0.29) is 24.4 Å². The van der Waals surface area contributed by atoms with Gasteiger partial charge in [-0.1, -0.05) is 0 Å². The van der Waals surface area contributed by atoms with Gasteiger partial charge in [-0.15, -0.1) is 0 Å². The molecule has 0 aliphatic carbocycles. The molecule has 0 bridgehead atoms. The zero-order valence-electron chi connectivity index (χ0n) is 11.9. The van der Waals surface area contributed by atoms with Crippen LogP contribution in [0.15, 0.2) is 12.1 Å². The predicted molar refractivity (Wildman–Crippen MR) is 72.6 cm³/mol. The number of nitrogens with one attached hydrogen (secondary N) is 1. The van der Waals surface area contributed by atoms with E-state index in [1.165, 1.54) is 13.0 Å². The van der Waals surface area contributed by atoms with E-state index in [4.69, 9.17) is 5.73 Å². The van der Waals surface area contributed by atoms with Crippen molar-refractivity contribution in [3.05, 3.63) is 29.1 Å². The average Bonchev–Trinajstić information content (AvgIpc) is 2.32. The zero-order chi connectivity index (χ0) is 16.2. The van der Waals surface area contributed by atoms with E-state index >= 15 is 0 Å². The first-order chi connectivity index (χ1) is 9.60. The predicted octanol–water partition coefficient (Wildman–Crippen LogP) is 3.77. The fourth-order valence-electron chi connectivity index (χ4n) is 1.92. The second-order valence-electron chi connectivity index (χ2n) is 5.05. The number of carbonyl (C=O) groups excluding carboxylic acids is 1. The molecule has 0 radical (unpaired) electrons. The number of carbonyl (C=O) groups is 1. The van der Waals surface area contributed by atoms with Gasteiger partial charge in [-0.25, -0.2) is 4.39 Å². The Labute approximate surface area is 120 Å². The largest absolute Gasteiger partial charge is 0.389 e. The Morgan fingerprint density at radius 1 is 1.38 bits per heavy atom. The lowest BCUT2D eigenvalue weighted by Crippen LogP contribution is -2.19. The van der Waals surface area contributed by atoms with E-state index in [2.05, 4.69) is 5.32 Å². The first-order valence-electron chi connectivity index (χ1n) is 6.53. The molecule has 1 unspecified atom stereocenters. The monoisotopic (exact) mass is 306 g/mol. The van der Waals surface area contributed by atoms with Crippen LogP contribution in [0.25, 0.3) is 0 Å². The van der Waals surface area contributed by atoms with Crippen molar-refractivity contribution in [3.8, 4) is 0 Å². The smallest absolute Gasteiger partial charge is 0.382 e. The third-order valence-electron chi connectivity index (χ3n) is 3.13. The van der Waals surface area contributed by atoms with Gasteiger partial charge in [0.2, 0.25) is 5.91 Å². The molecule has 0 saturated carbocycles. The summed E-state index contributed by atoms with van der Waals surface area (Å²) in [5.41, 5.74) is 5.78. The molecule has 1 aromatic carbocycles. The van der Waals surface area contributed by atoms with Crippen LogP contribution in [0.3, 0.4) is 0 Å². The lowest BCUT2D eigenvalue weighted by Gasteiger charge is -2.18. The number of halogens is 4. The van der Waals surface area contributed by atoms with Gasteiger partial charge in [-0.3, -0.25) is 4.79 Å². The highest BCUT2D eigenvalue weighted by atomic mass is 19.4. The quantitative estimate of drug-likeness (QED) is 0.786. The first-order valence-corrected chi connectivity index (χ1v) is 6.53. The van der Waals surface area contributed by atoms with Crippen LogP contribution in [-0.2, 0) is 0 Å². The van der Waals surface area contributed by atoms with Crippen LogP contribution in [0.2, 0.25) is 0 Å². The van der Waals surface area contributed by atoms with E-state index in [0.717, 1.165) is 6.07 Å². The van der Waals surface area contributed by atoms with Crippen molar-refractivity contribution in [1.82, 2.24) is 0 Å². The van der Waals surface area contributed by atoms with Gasteiger partial charge < -0.3 is 11.1 Å². The first kappa shape index (κ1) is 17.3. The molecule has 0 spiro atoms. The van der Waals surface area contributed by atoms with Crippen LogP contribution in [0.5, 0.6) is 0 Å². The summed E-state index contributed by atoms with van der Waals surface area (Å²) >= 11 is 0. The second-order valence-corrected chi connectivity index (χ2v) is 5.05. The summed E-state index contributed by atoms with van der Waals surface area (Å²) in [6.45, 7) is 3.22. The molecule has 21 heavy (non-hydrogen) atoms. The summed E-state index contributed by atoms with van der Waals surface area (Å²) in [4.78, 5) is 11.1. The Morgan fingerprint density at radius 3 is 2.52 bits per heavy atom. The summed E-state index contributed by atoms with van der Waals surface area (Å²) in [6, 6.07) is 2.16. The normalized spacial score (nSPS) is 13.0. The maximum Gasteiger partial charge on any atom is 0.389 e. The highest BCUT2D eigenvalue weighted by Gasteiger charge is 2.26. The summed E-state index contributed by atoms with van der Waals surface area (Å²) in [7, 11) is 0. The third-order valence-corrected chi connectivity index (χ3v) is 3.13. The topological polar surface area (TPSA) is 55.1 Å². The number of rotatable bonds is 6. The van der Waals surface area contributed by atoms with Gasteiger partial charge in [0.1, 0.15) is 5.82 Å². The summed E-state index contributed by atoms with van der Waals surface area (Å²) in [5, 5.41) is 2.92. The van der Waals surface area contributed by atoms with Crippen LogP contribution >= 0.6 is 0 Å². The average molecular weight is 306 g/mol. The van der Waals surface area contributed by atoms with Crippen molar-refractivity contribution in [2.24, 2.45) is 5.73 Å². The van der Waals surface area contributed by atoms with E-state index in [9.17, 15) is 22.4 Å². The van der Waals surface area contributed by atoms with Gasteiger partial charge in [0.25, 0.3) is 0 Å². The molecule has 0 fully saturated rings. The van der Waals surface area contributed by atoms with Gasteiger partial charge >= 0.3 is 6.18 Å². The molecule has 0 heterocycles. The molecule has 1 aromatic rings. The minimum absolute atomic E-state index is 0.0168. The number of alkyl halides is 3. The van der Waals surface area contributed by atoms with Crippen molar-refractivity contribution in [2.45, 2.75) is 45.3 Å². The van der Waals surface area contributed by atoms with Crippen molar-refractivity contribution in [3.63, 3.8) is 0 Å². The fourth-order valence-corrected chi connectivity index (χ4v) is 1.92. The molecule has 0 aromatic heterocycles. The minimum atomic E-state index is -4.17. The molecular weight excluding hydrogens is 288 g/mol. The molecule has 1 rings (SSSR count). The number of anilines is 1. The van der Waals surface area contributed by atoms with Crippen LogP contribution in [0, 0.1) is 12.7 Å². The summed E-state index contributed by atoms with van der Waals surface area (Å²) < 4.78 is 49.9. The molecule has 7 heteroatoms. The number of amides is 1. The van der Waals surface area contributed by atoms with Gasteiger partial charge in [0.15, 0.2) is 0 Å².